The molecular formula is C32H38N2O6. The van der Waals surface area contributed by atoms with Crippen molar-refractivity contribution in [1.82, 2.24) is 9.88 Å². The van der Waals surface area contributed by atoms with Gasteiger partial charge in [0.15, 0.2) is 5.78 Å². The van der Waals surface area contributed by atoms with Crippen molar-refractivity contribution in [1.29, 1.82) is 0 Å². The molecule has 1 amide bonds. The van der Waals surface area contributed by atoms with Crippen molar-refractivity contribution in [3.8, 4) is 17.0 Å². The maximum atomic E-state index is 14.1. The maximum absolute atomic E-state index is 14.1. The summed E-state index contributed by atoms with van der Waals surface area (Å²) in [7, 11) is 3.43. The van der Waals surface area contributed by atoms with Crippen LogP contribution in [0.5, 0.6) is 5.75 Å². The van der Waals surface area contributed by atoms with Crippen LogP contribution in [0.15, 0.2) is 41.7 Å². The van der Waals surface area contributed by atoms with Crippen molar-refractivity contribution >= 4 is 17.7 Å². The summed E-state index contributed by atoms with van der Waals surface area (Å²) in [4.78, 5) is 45.9. The van der Waals surface area contributed by atoms with Gasteiger partial charge < -0.3 is 19.5 Å². The highest BCUT2D eigenvalue weighted by molar-refractivity contribution is 6.01. The van der Waals surface area contributed by atoms with E-state index in [2.05, 4.69) is 32.7 Å². The van der Waals surface area contributed by atoms with Crippen molar-refractivity contribution in [3.05, 3.63) is 58.5 Å². The smallest absolute Gasteiger partial charge is 0.354 e. The number of nitrogens with zero attached hydrogens (tertiary/aromatic N) is 2. The quantitative estimate of drug-likeness (QED) is 0.536. The summed E-state index contributed by atoms with van der Waals surface area (Å²) in [6, 6.07) is 8.59. The highest BCUT2D eigenvalue weighted by Gasteiger charge is 2.55. The highest BCUT2D eigenvalue weighted by Crippen LogP contribution is 2.54. The molecule has 0 spiro atoms. The van der Waals surface area contributed by atoms with Gasteiger partial charge >= 0.3 is 5.97 Å². The molecule has 40 heavy (non-hydrogen) atoms. The zero-order chi connectivity index (χ0) is 29.1. The second-order valence-corrected chi connectivity index (χ2v) is 12.5. The number of allylic oxidation sites excluding steroid dienone is 2. The lowest BCUT2D eigenvalue weighted by atomic mass is 9.64. The molecular weight excluding hydrogens is 508 g/mol. The van der Waals surface area contributed by atoms with Gasteiger partial charge in [-0.2, -0.15) is 0 Å². The number of aromatic carboxylic acids is 1. The Morgan fingerprint density at radius 1 is 1.18 bits per heavy atom. The van der Waals surface area contributed by atoms with Crippen LogP contribution in [0.3, 0.4) is 0 Å². The second kappa shape index (κ2) is 10.1. The van der Waals surface area contributed by atoms with E-state index in [1.807, 2.05) is 31.0 Å². The van der Waals surface area contributed by atoms with Crippen LogP contribution < -0.4 is 4.74 Å². The van der Waals surface area contributed by atoms with Crippen LogP contribution in [0.25, 0.3) is 11.3 Å². The fourth-order valence-corrected chi connectivity index (χ4v) is 6.96. The van der Waals surface area contributed by atoms with E-state index < -0.39 is 17.8 Å². The number of aromatic nitrogens is 1. The number of rotatable bonds is 5. The van der Waals surface area contributed by atoms with Crippen LogP contribution in [-0.4, -0.2) is 59.0 Å². The van der Waals surface area contributed by atoms with Crippen LogP contribution in [0, 0.1) is 24.2 Å². The van der Waals surface area contributed by atoms with E-state index >= 15 is 0 Å². The number of piperidine rings is 1. The van der Waals surface area contributed by atoms with E-state index in [1.165, 1.54) is 6.07 Å². The van der Waals surface area contributed by atoms with E-state index in [0.29, 0.717) is 42.0 Å². The van der Waals surface area contributed by atoms with Crippen molar-refractivity contribution in [3.63, 3.8) is 0 Å². The van der Waals surface area contributed by atoms with E-state index in [9.17, 15) is 19.5 Å². The fraction of sp³-hybridized carbons (Fsp3) is 0.500. The molecule has 2 aliphatic heterocycles. The van der Waals surface area contributed by atoms with Crippen LogP contribution in [0.1, 0.15) is 74.5 Å². The Morgan fingerprint density at radius 2 is 1.90 bits per heavy atom. The number of fused-ring (bicyclic) bond motifs is 1. The number of likely N-dealkylation sites (tertiary alicyclic amines) is 1. The molecule has 8 heteroatoms. The Morgan fingerprint density at radius 3 is 2.55 bits per heavy atom. The van der Waals surface area contributed by atoms with E-state index in [4.69, 9.17) is 9.47 Å². The SMILES string of the molecule is COc1ccc(-c2cccc(C(=O)O)n2)c(C)c1[C@H]1C2=C(CC(C)(C)CC2=O)O[C@H]2C[C@@H](C(C)C)N(C)C(=O)[C@@H]21. The molecule has 1 aromatic carbocycles. The second-order valence-electron chi connectivity index (χ2n) is 12.5. The average Bonchev–Trinajstić information content (AvgIpc) is 2.88. The molecule has 0 unspecified atom stereocenters. The van der Waals surface area contributed by atoms with E-state index in [-0.39, 0.29) is 40.9 Å². The first kappa shape index (κ1) is 27.9. The van der Waals surface area contributed by atoms with Gasteiger partial charge in [0.1, 0.15) is 23.3 Å². The number of carboxylic acid groups (broad SMARTS) is 1. The van der Waals surface area contributed by atoms with Crippen LogP contribution in [-0.2, 0) is 14.3 Å². The zero-order valence-electron chi connectivity index (χ0n) is 24.3. The van der Waals surface area contributed by atoms with Gasteiger partial charge in [-0.3, -0.25) is 9.59 Å². The number of amides is 1. The molecule has 1 fully saturated rings. The first-order valence-corrected chi connectivity index (χ1v) is 13.9. The summed E-state index contributed by atoms with van der Waals surface area (Å²) in [5, 5.41) is 9.53. The molecule has 1 aliphatic carbocycles. The Hall–Kier alpha value is -3.68. The molecule has 1 saturated heterocycles. The lowest BCUT2D eigenvalue weighted by molar-refractivity contribution is -0.154. The van der Waals surface area contributed by atoms with Crippen LogP contribution in [0.2, 0.25) is 0 Å². The monoisotopic (exact) mass is 546 g/mol. The van der Waals surface area contributed by atoms with Crippen LogP contribution in [0.4, 0.5) is 0 Å². The number of benzene rings is 1. The number of carbonyl (C=O) groups excluding carboxylic acids is 2. The third kappa shape index (κ3) is 4.57. The maximum Gasteiger partial charge on any atom is 0.354 e. The normalized spacial score (nSPS) is 25.9. The fourth-order valence-electron chi connectivity index (χ4n) is 6.96. The number of pyridine rings is 1. The molecule has 0 bridgehead atoms. The summed E-state index contributed by atoms with van der Waals surface area (Å²) < 4.78 is 12.5. The Balaban J connectivity index is 1.75. The van der Waals surface area contributed by atoms with E-state index in [0.717, 1.165) is 16.7 Å². The minimum absolute atomic E-state index is 0.00556. The summed E-state index contributed by atoms with van der Waals surface area (Å²) in [5.41, 5.74) is 3.04. The topological polar surface area (TPSA) is 106 Å². The number of carboxylic acids is 1. The molecule has 0 radical (unpaired) electrons. The molecule has 0 saturated carbocycles. The predicted octanol–water partition coefficient (Wildman–Crippen LogP) is 5.39. The highest BCUT2D eigenvalue weighted by atomic mass is 16.5. The van der Waals surface area contributed by atoms with Gasteiger partial charge in [0, 0.05) is 55.0 Å². The molecule has 1 N–H and O–H groups in total. The number of ether oxygens (including phenoxy) is 2. The predicted molar refractivity (Wildman–Crippen MR) is 150 cm³/mol. The number of methoxy groups -OCH3 is 1. The lowest BCUT2D eigenvalue weighted by Crippen LogP contribution is -2.58. The van der Waals surface area contributed by atoms with Gasteiger partial charge in [-0.1, -0.05) is 33.8 Å². The summed E-state index contributed by atoms with van der Waals surface area (Å²) in [5.74, 6) is -0.790. The van der Waals surface area contributed by atoms with Crippen molar-refractivity contribution in [2.45, 2.75) is 71.9 Å². The molecule has 4 atom stereocenters. The summed E-state index contributed by atoms with van der Waals surface area (Å²) in [6.45, 7) is 10.3. The lowest BCUT2D eigenvalue weighted by Gasteiger charge is -2.51. The third-order valence-corrected chi connectivity index (χ3v) is 8.87. The van der Waals surface area contributed by atoms with Gasteiger partial charge in [-0.05, 0) is 48.1 Å². The van der Waals surface area contributed by atoms with Gasteiger partial charge in [0.2, 0.25) is 5.91 Å². The minimum atomic E-state index is -1.11. The first-order valence-electron chi connectivity index (χ1n) is 13.9. The molecule has 212 valence electrons. The van der Waals surface area contributed by atoms with Gasteiger partial charge in [0.25, 0.3) is 0 Å². The minimum Gasteiger partial charge on any atom is -0.496 e. The Labute approximate surface area is 235 Å². The van der Waals surface area contributed by atoms with E-state index in [1.54, 1.807) is 19.2 Å². The third-order valence-electron chi connectivity index (χ3n) is 8.87. The average molecular weight is 547 g/mol. The molecule has 8 nitrogen and oxygen atoms in total. The summed E-state index contributed by atoms with van der Waals surface area (Å²) >= 11 is 0. The van der Waals surface area contributed by atoms with Gasteiger partial charge in [0.05, 0.1) is 18.7 Å². The number of Topliss-reactive ketones (excluding diaryl/α,β-unsaturated/α-hetero) is 1. The summed E-state index contributed by atoms with van der Waals surface area (Å²) in [6.07, 6.45) is 1.29. The van der Waals surface area contributed by atoms with Gasteiger partial charge in [-0.25, -0.2) is 9.78 Å². The number of ketones is 1. The van der Waals surface area contributed by atoms with Gasteiger partial charge in [-0.15, -0.1) is 0 Å². The number of hydrogen-bond donors (Lipinski definition) is 1. The van der Waals surface area contributed by atoms with Crippen molar-refractivity contribution in [2.75, 3.05) is 14.2 Å². The number of hydrogen-bond acceptors (Lipinski definition) is 6. The Bertz CT molecular complexity index is 1420. The first-order chi connectivity index (χ1) is 18.8. The molecule has 5 rings (SSSR count). The number of carbonyl (C=O) groups is 3. The molecule has 1 aromatic heterocycles. The molecule has 3 heterocycles. The zero-order valence-corrected chi connectivity index (χ0v) is 24.3. The standard InChI is InChI=1S/C32H38N2O6/c1-16(2)21-13-24-28(30(36)34(21)6)29(27-22(35)14-32(4,5)15-25(27)40-24)26-17(3)18(11-12-23(26)39-7)19-9-8-10-20(33-19)31(37)38/h8-12,16,21,24,28-29H,13-15H2,1-7H3,(H,37,38)/t21-,24-,28-,29-/m0/s1. The van der Waals surface area contributed by atoms with Crippen molar-refractivity contribution < 1.29 is 29.0 Å². The Kier molecular flexibility index (Phi) is 7.01. The molecule has 3 aliphatic rings. The largest absolute Gasteiger partial charge is 0.496 e. The molecule has 2 aromatic rings. The van der Waals surface area contributed by atoms with Crippen molar-refractivity contribution in [2.24, 2.45) is 17.3 Å². The van der Waals surface area contributed by atoms with Crippen LogP contribution >= 0.6 is 0 Å².